The van der Waals surface area contributed by atoms with Gasteiger partial charge in [-0.3, -0.25) is 4.79 Å². The lowest BCUT2D eigenvalue weighted by Crippen LogP contribution is -2.47. The first kappa shape index (κ1) is 16.9. The molecule has 1 aromatic carbocycles. The average Bonchev–Trinajstić information content (AvgIpc) is 2.62. The van der Waals surface area contributed by atoms with Crippen molar-refractivity contribution in [2.24, 2.45) is 5.92 Å². The van der Waals surface area contributed by atoms with Gasteiger partial charge in [0, 0.05) is 35.6 Å². The number of carbonyl (C=O) groups is 1. The van der Waals surface area contributed by atoms with Gasteiger partial charge >= 0.3 is 0 Å². The number of carbonyl (C=O) groups excluding carboxylic acids is 1. The van der Waals surface area contributed by atoms with Crippen LogP contribution in [0.3, 0.4) is 0 Å². The highest BCUT2D eigenvalue weighted by Gasteiger charge is 2.35. The molecular formula is C18H25BrN2O2. The Labute approximate surface area is 146 Å². The van der Waals surface area contributed by atoms with E-state index in [-0.39, 0.29) is 17.2 Å². The number of amides is 1. The minimum absolute atomic E-state index is 0.00151. The normalized spacial score (nSPS) is 21.8. The van der Waals surface area contributed by atoms with Gasteiger partial charge < -0.3 is 15.4 Å². The van der Waals surface area contributed by atoms with Crippen LogP contribution in [0.4, 0.5) is 0 Å². The highest BCUT2D eigenvalue weighted by Crippen LogP contribution is 2.35. The molecule has 2 aliphatic heterocycles. The van der Waals surface area contributed by atoms with Crippen LogP contribution in [0.1, 0.15) is 31.2 Å². The molecule has 2 aliphatic rings. The van der Waals surface area contributed by atoms with E-state index in [1.165, 1.54) is 5.56 Å². The lowest BCUT2D eigenvalue weighted by Gasteiger charge is -2.38. The van der Waals surface area contributed by atoms with Crippen LogP contribution in [0.2, 0.25) is 0 Å². The molecule has 126 valence electrons. The first-order valence-corrected chi connectivity index (χ1v) is 9.31. The second kappa shape index (κ2) is 7.77. The maximum Gasteiger partial charge on any atom is 0.223 e. The van der Waals surface area contributed by atoms with Gasteiger partial charge in [-0.25, -0.2) is 0 Å². The standard InChI is InChI=1S/C18H25BrN2O2/c19-16-3-1-15(2-4-16)18(7-11-23-12-8-18)13-21-17(22)14-5-9-20-10-6-14/h1-4,14,20H,5-13H2,(H,21,22). The highest BCUT2D eigenvalue weighted by atomic mass is 79.9. The molecule has 1 amide bonds. The third-order valence-electron chi connectivity index (χ3n) is 5.22. The third-order valence-corrected chi connectivity index (χ3v) is 5.75. The fraction of sp³-hybridized carbons (Fsp3) is 0.611. The summed E-state index contributed by atoms with van der Waals surface area (Å²) in [6.45, 7) is 4.13. The summed E-state index contributed by atoms with van der Waals surface area (Å²) in [5.74, 6) is 0.382. The first-order chi connectivity index (χ1) is 11.2. The van der Waals surface area contributed by atoms with Crippen LogP contribution >= 0.6 is 15.9 Å². The molecule has 0 aliphatic carbocycles. The second-order valence-electron chi connectivity index (χ2n) is 6.64. The van der Waals surface area contributed by atoms with Crippen molar-refractivity contribution in [1.29, 1.82) is 0 Å². The number of benzene rings is 1. The average molecular weight is 381 g/mol. The van der Waals surface area contributed by atoms with Gasteiger partial charge in [0.2, 0.25) is 5.91 Å². The van der Waals surface area contributed by atoms with Crippen molar-refractivity contribution in [3.8, 4) is 0 Å². The monoisotopic (exact) mass is 380 g/mol. The van der Waals surface area contributed by atoms with E-state index in [4.69, 9.17) is 4.74 Å². The molecule has 0 bridgehead atoms. The minimum atomic E-state index is 0.00151. The van der Waals surface area contributed by atoms with Gasteiger partial charge in [-0.15, -0.1) is 0 Å². The molecule has 2 fully saturated rings. The van der Waals surface area contributed by atoms with Gasteiger partial charge in [0.1, 0.15) is 0 Å². The van der Waals surface area contributed by atoms with E-state index in [0.717, 1.165) is 56.5 Å². The topological polar surface area (TPSA) is 50.4 Å². The van der Waals surface area contributed by atoms with Crippen molar-refractivity contribution in [3.63, 3.8) is 0 Å². The smallest absolute Gasteiger partial charge is 0.223 e. The Kier molecular flexibility index (Phi) is 5.72. The van der Waals surface area contributed by atoms with E-state index in [1.54, 1.807) is 0 Å². The third kappa shape index (κ3) is 4.14. The Hall–Kier alpha value is -0.910. The van der Waals surface area contributed by atoms with E-state index >= 15 is 0 Å². The van der Waals surface area contributed by atoms with E-state index in [1.807, 2.05) is 0 Å². The molecule has 0 unspecified atom stereocenters. The molecular weight excluding hydrogens is 356 g/mol. The van der Waals surface area contributed by atoms with Gasteiger partial charge in [0.25, 0.3) is 0 Å². The number of ether oxygens (including phenoxy) is 1. The summed E-state index contributed by atoms with van der Waals surface area (Å²) in [7, 11) is 0. The predicted octanol–water partition coefficient (Wildman–Crippen LogP) is 2.61. The maximum atomic E-state index is 12.5. The van der Waals surface area contributed by atoms with Crippen LogP contribution in [-0.2, 0) is 14.9 Å². The Morgan fingerprint density at radius 2 is 1.87 bits per heavy atom. The molecule has 3 rings (SSSR count). The molecule has 5 heteroatoms. The lowest BCUT2D eigenvalue weighted by molar-refractivity contribution is -0.126. The van der Waals surface area contributed by atoms with Crippen molar-refractivity contribution < 1.29 is 9.53 Å². The Bertz CT molecular complexity index is 520. The molecule has 0 radical (unpaired) electrons. The minimum Gasteiger partial charge on any atom is -0.381 e. The molecule has 0 spiro atoms. The molecule has 0 aromatic heterocycles. The quantitative estimate of drug-likeness (QED) is 0.843. The van der Waals surface area contributed by atoms with Crippen LogP contribution in [-0.4, -0.2) is 38.8 Å². The number of rotatable bonds is 4. The molecule has 23 heavy (non-hydrogen) atoms. The van der Waals surface area contributed by atoms with Crippen LogP contribution in [0.15, 0.2) is 28.7 Å². The van der Waals surface area contributed by atoms with Crippen molar-refractivity contribution in [2.75, 3.05) is 32.8 Å². The molecule has 0 atom stereocenters. The molecule has 1 aromatic rings. The van der Waals surface area contributed by atoms with E-state index in [0.29, 0.717) is 6.54 Å². The Balaban J connectivity index is 1.69. The molecule has 2 saturated heterocycles. The zero-order valence-electron chi connectivity index (χ0n) is 13.4. The van der Waals surface area contributed by atoms with Gasteiger partial charge in [-0.1, -0.05) is 28.1 Å². The summed E-state index contributed by atoms with van der Waals surface area (Å²) in [4.78, 5) is 12.5. The predicted molar refractivity (Wildman–Crippen MR) is 94.5 cm³/mol. The highest BCUT2D eigenvalue weighted by molar-refractivity contribution is 9.10. The fourth-order valence-corrected chi connectivity index (χ4v) is 3.88. The largest absolute Gasteiger partial charge is 0.381 e. The summed E-state index contributed by atoms with van der Waals surface area (Å²) in [6, 6.07) is 8.51. The van der Waals surface area contributed by atoms with Crippen LogP contribution < -0.4 is 10.6 Å². The Morgan fingerprint density at radius 1 is 1.22 bits per heavy atom. The number of halogens is 1. The number of nitrogens with one attached hydrogen (secondary N) is 2. The van der Waals surface area contributed by atoms with Crippen molar-refractivity contribution in [1.82, 2.24) is 10.6 Å². The molecule has 4 nitrogen and oxygen atoms in total. The zero-order valence-corrected chi connectivity index (χ0v) is 15.0. The fourth-order valence-electron chi connectivity index (χ4n) is 3.62. The van der Waals surface area contributed by atoms with E-state index in [2.05, 4.69) is 50.8 Å². The van der Waals surface area contributed by atoms with Gasteiger partial charge in [0.05, 0.1) is 0 Å². The number of piperidine rings is 1. The summed E-state index contributed by atoms with van der Waals surface area (Å²) in [6.07, 6.45) is 3.81. The number of hydrogen-bond donors (Lipinski definition) is 2. The van der Waals surface area contributed by atoms with Gasteiger partial charge in [-0.05, 0) is 56.5 Å². The summed E-state index contributed by atoms with van der Waals surface area (Å²) in [5, 5.41) is 6.55. The molecule has 2 heterocycles. The van der Waals surface area contributed by atoms with Gasteiger partial charge in [0.15, 0.2) is 0 Å². The lowest BCUT2D eigenvalue weighted by atomic mass is 9.74. The first-order valence-electron chi connectivity index (χ1n) is 8.52. The van der Waals surface area contributed by atoms with Gasteiger partial charge in [-0.2, -0.15) is 0 Å². The van der Waals surface area contributed by atoms with E-state index < -0.39 is 0 Å². The summed E-state index contributed by atoms with van der Waals surface area (Å²) in [5.41, 5.74) is 1.30. The van der Waals surface area contributed by atoms with E-state index in [9.17, 15) is 4.79 Å². The SMILES string of the molecule is O=C(NCC1(c2ccc(Br)cc2)CCOCC1)C1CCNCC1. The second-order valence-corrected chi connectivity index (χ2v) is 7.56. The van der Waals surface area contributed by atoms with Crippen molar-refractivity contribution >= 4 is 21.8 Å². The zero-order chi connectivity index (χ0) is 16.1. The van der Waals surface area contributed by atoms with Crippen LogP contribution in [0.25, 0.3) is 0 Å². The van der Waals surface area contributed by atoms with Crippen LogP contribution in [0.5, 0.6) is 0 Å². The van der Waals surface area contributed by atoms with Crippen molar-refractivity contribution in [2.45, 2.75) is 31.1 Å². The Morgan fingerprint density at radius 3 is 2.52 bits per heavy atom. The molecule has 2 N–H and O–H groups in total. The summed E-state index contributed by atoms with van der Waals surface area (Å²) >= 11 is 3.50. The molecule has 0 saturated carbocycles. The number of hydrogen-bond acceptors (Lipinski definition) is 3. The van der Waals surface area contributed by atoms with Crippen molar-refractivity contribution in [3.05, 3.63) is 34.3 Å². The van der Waals surface area contributed by atoms with Crippen LogP contribution in [0, 0.1) is 5.92 Å². The maximum absolute atomic E-state index is 12.5. The summed E-state index contributed by atoms with van der Waals surface area (Å²) < 4.78 is 6.65.